The molecule has 9 nitrogen and oxygen atoms in total. The van der Waals surface area contributed by atoms with E-state index in [4.69, 9.17) is 20.8 Å². The molecule has 1 atom stereocenters. The van der Waals surface area contributed by atoms with Crippen LogP contribution < -0.4 is 10.6 Å². The van der Waals surface area contributed by atoms with Crippen LogP contribution in [0.3, 0.4) is 0 Å². The van der Waals surface area contributed by atoms with Crippen LogP contribution >= 0.6 is 23.4 Å². The molecule has 33 heavy (non-hydrogen) atoms. The number of halogens is 1. The van der Waals surface area contributed by atoms with E-state index < -0.39 is 12.0 Å². The Morgan fingerprint density at radius 2 is 2.06 bits per heavy atom. The summed E-state index contributed by atoms with van der Waals surface area (Å²) in [7, 11) is 0. The van der Waals surface area contributed by atoms with Gasteiger partial charge in [-0.05, 0) is 50.2 Å². The first-order valence-electron chi connectivity index (χ1n) is 10.3. The lowest BCUT2D eigenvalue weighted by Gasteiger charge is -2.26. The summed E-state index contributed by atoms with van der Waals surface area (Å²) < 4.78 is 12.6. The zero-order chi connectivity index (χ0) is 23.4. The average Bonchev–Trinajstić information content (AvgIpc) is 3.43. The molecule has 172 valence electrons. The number of hydrogen-bond acceptors (Lipinski definition) is 7. The molecule has 0 radical (unpaired) electrons. The molecule has 0 bridgehead atoms. The number of rotatable bonds is 8. The molecule has 0 aliphatic carbocycles. The molecular formula is C22H22ClN5O4S. The van der Waals surface area contributed by atoms with Crippen molar-refractivity contribution in [1.29, 1.82) is 0 Å². The highest BCUT2D eigenvalue weighted by atomic mass is 35.5. The molecule has 11 heteroatoms. The minimum absolute atomic E-state index is 0.241. The van der Waals surface area contributed by atoms with Crippen molar-refractivity contribution in [1.82, 2.24) is 25.4 Å². The lowest BCUT2D eigenvalue weighted by atomic mass is 10.1. The molecule has 3 aromatic rings. The van der Waals surface area contributed by atoms with Gasteiger partial charge in [0.1, 0.15) is 5.76 Å². The van der Waals surface area contributed by atoms with E-state index in [1.807, 2.05) is 28.8 Å². The lowest BCUT2D eigenvalue weighted by Crippen LogP contribution is -2.49. The van der Waals surface area contributed by atoms with Crippen LogP contribution in [0.4, 0.5) is 4.79 Å². The average molecular weight is 488 g/mol. The number of nitrogens with zero attached hydrogens (tertiary/aromatic N) is 3. The van der Waals surface area contributed by atoms with Crippen molar-refractivity contribution in [2.24, 2.45) is 0 Å². The minimum atomic E-state index is -0.473. The van der Waals surface area contributed by atoms with Crippen LogP contribution in [0, 0.1) is 0 Å². The third-order valence-electron chi connectivity index (χ3n) is 4.92. The molecule has 1 aliphatic heterocycles. The van der Waals surface area contributed by atoms with Crippen molar-refractivity contribution in [2.45, 2.75) is 31.6 Å². The summed E-state index contributed by atoms with van der Waals surface area (Å²) in [6.07, 6.45) is 1.61. The van der Waals surface area contributed by atoms with Gasteiger partial charge in [0.15, 0.2) is 11.0 Å². The van der Waals surface area contributed by atoms with Gasteiger partial charge >= 0.3 is 12.0 Å². The van der Waals surface area contributed by atoms with Gasteiger partial charge in [-0.3, -0.25) is 4.57 Å². The zero-order valence-corrected chi connectivity index (χ0v) is 19.6. The SMILES string of the molecule is CCOC(=O)C1=C(CSc2nnc(-c3ccc(Cl)cc3)n2Cc2ccco2)NC(=O)NC1C. The smallest absolute Gasteiger partial charge is 0.337 e. The van der Waals surface area contributed by atoms with Crippen LogP contribution in [0.5, 0.6) is 0 Å². The number of carbonyl (C=O) groups excluding carboxylic acids is 2. The van der Waals surface area contributed by atoms with E-state index in [1.165, 1.54) is 11.8 Å². The fraction of sp³-hybridized carbons (Fsp3) is 0.273. The van der Waals surface area contributed by atoms with Gasteiger partial charge in [-0.15, -0.1) is 10.2 Å². The largest absolute Gasteiger partial charge is 0.467 e. The lowest BCUT2D eigenvalue weighted by molar-refractivity contribution is -0.138. The predicted molar refractivity (Wildman–Crippen MR) is 124 cm³/mol. The maximum atomic E-state index is 12.5. The van der Waals surface area contributed by atoms with Crippen LogP contribution in [0.1, 0.15) is 19.6 Å². The van der Waals surface area contributed by atoms with E-state index >= 15 is 0 Å². The molecule has 2 N–H and O–H groups in total. The molecular weight excluding hydrogens is 466 g/mol. The van der Waals surface area contributed by atoms with Gasteiger partial charge in [0.25, 0.3) is 0 Å². The number of furan rings is 1. The number of carbonyl (C=O) groups is 2. The van der Waals surface area contributed by atoms with E-state index in [1.54, 1.807) is 32.2 Å². The first-order valence-corrected chi connectivity index (χ1v) is 11.6. The summed E-state index contributed by atoms with van der Waals surface area (Å²) in [6, 6.07) is 10.2. The van der Waals surface area contributed by atoms with E-state index in [2.05, 4.69) is 20.8 Å². The molecule has 0 spiro atoms. The number of urea groups is 1. The minimum Gasteiger partial charge on any atom is -0.467 e. The quantitative estimate of drug-likeness (QED) is 0.366. The number of nitrogens with one attached hydrogen (secondary N) is 2. The monoisotopic (exact) mass is 487 g/mol. The molecule has 1 aliphatic rings. The third kappa shape index (κ3) is 5.23. The number of thioether (sulfide) groups is 1. The Morgan fingerprint density at radius 3 is 2.76 bits per heavy atom. The number of ether oxygens (including phenoxy) is 1. The molecule has 0 fully saturated rings. The highest BCUT2D eigenvalue weighted by molar-refractivity contribution is 7.99. The van der Waals surface area contributed by atoms with Gasteiger partial charge in [-0.2, -0.15) is 0 Å². The molecule has 1 unspecified atom stereocenters. The summed E-state index contributed by atoms with van der Waals surface area (Å²) in [6.45, 7) is 4.13. The summed E-state index contributed by atoms with van der Waals surface area (Å²) in [5, 5.41) is 15.4. The summed E-state index contributed by atoms with van der Waals surface area (Å²) in [5.41, 5.74) is 1.72. The topological polar surface area (TPSA) is 111 Å². The van der Waals surface area contributed by atoms with E-state index in [9.17, 15) is 9.59 Å². The van der Waals surface area contributed by atoms with Crippen molar-refractivity contribution < 1.29 is 18.7 Å². The summed E-state index contributed by atoms with van der Waals surface area (Å²) in [5.74, 6) is 1.21. The highest BCUT2D eigenvalue weighted by Crippen LogP contribution is 2.28. The number of amides is 2. The number of aromatic nitrogens is 3. The summed E-state index contributed by atoms with van der Waals surface area (Å²) in [4.78, 5) is 24.5. The van der Waals surface area contributed by atoms with Gasteiger partial charge in [-0.25, -0.2) is 9.59 Å². The Hall–Kier alpha value is -3.24. The fourth-order valence-electron chi connectivity index (χ4n) is 3.44. The molecule has 3 heterocycles. The molecule has 2 amide bonds. The van der Waals surface area contributed by atoms with Crippen molar-refractivity contribution in [3.05, 3.63) is 64.7 Å². The van der Waals surface area contributed by atoms with Crippen LogP contribution in [0.15, 0.2) is 63.5 Å². The second-order valence-electron chi connectivity index (χ2n) is 7.20. The van der Waals surface area contributed by atoms with Crippen LogP contribution in [0.25, 0.3) is 11.4 Å². The maximum absolute atomic E-state index is 12.5. The van der Waals surface area contributed by atoms with Crippen molar-refractivity contribution in [3.8, 4) is 11.4 Å². The number of benzene rings is 1. The maximum Gasteiger partial charge on any atom is 0.337 e. The fourth-order valence-corrected chi connectivity index (χ4v) is 4.47. The van der Waals surface area contributed by atoms with Crippen LogP contribution in [0.2, 0.25) is 5.02 Å². The van der Waals surface area contributed by atoms with Gasteiger partial charge in [-0.1, -0.05) is 23.4 Å². The van der Waals surface area contributed by atoms with E-state index in [0.717, 1.165) is 11.3 Å². The van der Waals surface area contributed by atoms with Gasteiger partial charge in [0, 0.05) is 22.0 Å². The highest BCUT2D eigenvalue weighted by Gasteiger charge is 2.30. The Balaban J connectivity index is 1.65. The molecule has 4 rings (SSSR count). The summed E-state index contributed by atoms with van der Waals surface area (Å²) >= 11 is 7.39. The van der Waals surface area contributed by atoms with Crippen LogP contribution in [-0.2, 0) is 16.1 Å². The third-order valence-corrected chi connectivity index (χ3v) is 6.17. The van der Waals surface area contributed by atoms with Crippen molar-refractivity contribution >= 4 is 35.4 Å². The Bertz CT molecular complexity index is 1170. The van der Waals surface area contributed by atoms with E-state index in [-0.39, 0.29) is 12.6 Å². The first kappa shape index (κ1) is 22.9. The normalized spacial score (nSPS) is 15.8. The molecule has 1 aromatic carbocycles. The first-order chi connectivity index (χ1) is 16.0. The number of hydrogen-bond donors (Lipinski definition) is 2. The molecule has 0 saturated carbocycles. The second-order valence-corrected chi connectivity index (χ2v) is 8.58. The van der Waals surface area contributed by atoms with Crippen LogP contribution in [-0.4, -0.2) is 45.2 Å². The standard InChI is InChI=1S/C22H22ClN5O4S/c1-3-31-20(29)18-13(2)24-21(30)25-17(18)12-33-22-27-26-19(14-6-8-15(23)9-7-14)28(22)11-16-5-4-10-32-16/h4-10,13H,3,11-12H2,1-2H3,(H2,24,25,30). The van der Waals surface area contributed by atoms with Crippen molar-refractivity contribution in [2.75, 3.05) is 12.4 Å². The number of esters is 1. The van der Waals surface area contributed by atoms with Gasteiger partial charge in [0.05, 0.1) is 31.0 Å². The molecule has 0 saturated heterocycles. The Morgan fingerprint density at radius 1 is 1.27 bits per heavy atom. The predicted octanol–water partition coefficient (Wildman–Crippen LogP) is 3.85. The van der Waals surface area contributed by atoms with Gasteiger partial charge in [0.2, 0.25) is 0 Å². The van der Waals surface area contributed by atoms with E-state index in [0.29, 0.717) is 39.6 Å². The second kappa shape index (κ2) is 10.1. The van der Waals surface area contributed by atoms with Gasteiger partial charge < -0.3 is 19.8 Å². The Labute approximate surface area is 199 Å². The Kier molecular flexibility index (Phi) is 7.05. The zero-order valence-electron chi connectivity index (χ0n) is 18.0. The van der Waals surface area contributed by atoms with Crippen molar-refractivity contribution in [3.63, 3.8) is 0 Å². The molecule has 2 aromatic heterocycles.